The lowest BCUT2D eigenvalue weighted by Gasteiger charge is -2.14. The van der Waals surface area contributed by atoms with Gasteiger partial charge in [0.25, 0.3) is 5.91 Å². The van der Waals surface area contributed by atoms with E-state index < -0.39 is 5.91 Å². The maximum atomic E-state index is 12.1. The van der Waals surface area contributed by atoms with Crippen LogP contribution in [0.15, 0.2) is 18.3 Å². The van der Waals surface area contributed by atoms with Gasteiger partial charge in [-0.25, -0.2) is 4.98 Å². The molecule has 0 aromatic carbocycles. The van der Waals surface area contributed by atoms with Crippen molar-refractivity contribution in [3.05, 3.63) is 29.6 Å². The number of methoxy groups -OCH3 is 1. The second kappa shape index (κ2) is 7.65. The van der Waals surface area contributed by atoms with Crippen molar-refractivity contribution in [2.45, 2.75) is 12.8 Å². The van der Waals surface area contributed by atoms with Gasteiger partial charge in [0, 0.05) is 25.2 Å². The van der Waals surface area contributed by atoms with Crippen molar-refractivity contribution >= 4 is 29.1 Å². The molecule has 1 saturated carbocycles. The van der Waals surface area contributed by atoms with Gasteiger partial charge in [-0.1, -0.05) is 0 Å². The van der Waals surface area contributed by atoms with E-state index >= 15 is 0 Å². The summed E-state index contributed by atoms with van der Waals surface area (Å²) >= 11 is 0. The normalized spacial score (nSPS) is 12.6. The van der Waals surface area contributed by atoms with Crippen LogP contribution >= 0.6 is 0 Å². The summed E-state index contributed by atoms with van der Waals surface area (Å²) in [5.41, 5.74) is 0.547. The standard InChI is InChI=1S/C17H17N7O3/c1-19-17(26)13-11(7-12(23-24-13)22-16(25)9-3-4-9)21-15-14(27-2)10(8-18)5-6-20-15/h5-7,9H,3-4H2,1-2H3,(H,19,26)(H2,20,21,22,23,25). The van der Waals surface area contributed by atoms with Gasteiger partial charge in [0.15, 0.2) is 23.1 Å². The van der Waals surface area contributed by atoms with Crippen LogP contribution in [0.1, 0.15) is 28.9 Å². The van der Waals surface area contributed by atoms with Crippen LogP contribution in [0, 0.1) is 17.2 Å². The number of amides is 2. The molecule has 0 radical (unpaired) electrons. The molecule has 2 amide bonds. The summed E-state index contributed by atoms with van der Waals surface area (Å²) in [5, 5.41) is 25.1. The lowest BCUT2D eigenvalue weighted by atomic mass is 10.2. The Kier molecular flexibility index (Phi) is 5.12. The first-order valence-electron chi connectivity index (χ1n) is 8.18. The number of hydrogen-bond acceptors (Lipinski definition) is 8. The Morgan fingerprint density at radius 3 is 2.74 bits per heavy atom. The summed E-state index contributed by atoms with van der Waals surface area (Å²) in [5.74, 6) is 0.0522. The molecule has 0 saturated heterocycles. The van der Waals surface area contributed by atoms with Gasteiger partial charge in [0.2, 0.25) is 5.91 Å². The molecule has 27 heavy (non-hydrogen) atoms. The van der Waals surface area contributed by atoms with Gasteiger partial charge in [0.1, 0.15) is 6.07 Å². The van der Waals surface area contributed by atoms with E-state index in [1.807, 2.05) is 6.07 Å². The fraction of sp³-hybridized carbons (Fsp3) is 0.294. The Morgan fingerprint density at radius 1 is 1.33 bits per heavy atom. The third-order valence-corrected chi connectivity index (χ3v) is 3.92. The molecule has 2 aromatic heterocycles. The molecular formula is C17H17N7O3. The van der Waals surface area contributed by atoms with E-state index in [4.69, 9.17) is 4.74 Å². The third kappa shape index (κ3) is 3.92. The van der Waals surface area contributed by atoms with Gasteiger partial charge in [-0.15, -0.1) is 10.2 Å². The number of nitrogens with one attached hydrogen (secondary N) is 3. The van der Waals surface area contributed by atoms with Crippen LogP contribution in [0.5, 0.6) is 5.75 Å². The van der Waals surface area contributed by atoms with E-state index in [0.717, 1.165) is 12.8 Å². The second-order valence-electron chi connectivity index (χ2n) is 5.81. The van der Waals surface area contributed by atoms with Crippen LogP contribution in [0.2, 0.25) is 0 Å². The van der Waals surface area contributed by atoms with Crippen LogP contribution in [0.3, 0.4) is 0 Å². The number of rotatable bonds is 6. The molecule has 2 heterocycles. The predicted octanol–water partition coefficient (Wildman–Crippen LogP) is 1.20. The molecule has 1 aliphatic rings. The van der Waals surface area contributed by atoms with Gasteiger partial charge in [0.05, 0.1) is 18.4 Å². The summed E-state index contributed by atoms with van der Waals surface area (Å²) in [6.07, 6.45) is 3.14. The molecule has 0 atom stereocenters. The minimum absolute atomic E-state index is 0.00380. The average Bonchev–Trinajstić information content (AvgIpc) is 3.52. The zero-order valence-electron chi connectivity index (χ0n) is 14.7. The minimum Gasteiger partial charge on any atom is -0.492 e. The van der Waals surface area contributed by atoms with Gasteiger partial charge in [-0.3, -0.25) is 9.59 Å². The summed E-state index contributed by atoms with van der Waals surface area (Å²) in [4.78, 5) is 28.2. The molecule has 0 unspecified atom stereocenters. The molecule has 10 heteroatoms. The fourth-order valence-corrected chi connectivity index (χ4v) is 2.37. The smallest absolute Gasteiger partial charge is 0.273 e. The van der Waals surface area contributed by atoms with Crippen molar-refractivity contribution in [2.75, 3.05) is 24.8 Å². The molecular weight excluding hydrogens is 350 g/mol. The van der Waals surface area contributed by atoms with Crippen LogP contribution in [-0.2, 0) is 4.79 Å². The zero-order valence-corrected chi connectivity index (χ0v) is 14.7. The van der Waals surface area contributed by atoms with E-state index in [1.54, 1.807) is 0 Å². The SMILES string of the molecule is CNC(=O)c1nnc(NC(=O)C2CC2)cc1Nc1nccc(C#N)c1OC. The monoisotopic (exact) mass is 367 g/mol. The quantitative estimate of drug-likeness (QED) is 0.691. The van der Waals surface area contributed by atoms with Gasteiger partial charge >= 0.3 is 0 Å². The number of aromatic nitrogens is 3. The lowest BCUT2D eigenvalue weighted by molar-refractivity contribution is -0.117. The highest BCUT2D eigenvalue weighted by Crippen LogP contribution is 2.32. The molecule has 3 N–H and O–H groups in total. The summed E-state index contributed by atoms with van der Waals surface area (Å²) in [6.45, 7) is 0. The first-order chi connectivity index (χ1) is 13.1. The maximum absolute atomic E-state index is 12.1. The van der Waals surface area contributed by atoms with Crippen molar-refractivity contribution in [3.8, 4) is 11.8 Å². The predicted molar refractivity (Wildman–Crippen MR) is 95.6 cm³/mol. The van der Waals surface area contributed by atoms with E-state index in [0.29, 0.717) is 0 Å². The molecule has 3 rings (SSSR count). The molecule has 1 fully saturated rings. The number of pyridine rings is 1. The Bertz CT molecular complexity index is 935. The first kappa shape index (κ1) is 18.1. The Balaban J connectivity index is 1.97. The highest BCUT2D eigenvalue weighted by Gasteiger charge is 2.30. The van der Waals surface area contributed by atoms with Crippen LogP contribution in [0.25, 0.3) is 0 Å². The molecule has 2 aromatic rings. The maximum Gasteiger partial charge on any atom is 0.273 e. The van der Waals surface area contributed by atoms with Crippen molar-refractivity contribution in [2.24, 2.45) is 5.92 Å². The van der Waals surface area contributed by atoms with Crippen LogP contribution < -0.4 is 20.7 Å². The lowest BCUT2D eigenvalue weighted by Crippen LogP contribution is -2.22. The van der Waals surface area contributed by atoms with E-state index in [1.165, 1.54) is 32.5 Å². The van der Waals surface area contributed by atoms with Crippen molar-refractivity contribution in [1.29, 1.82) is 5.26 Å². The largest absolute Gasteiger partial charge is 0.492 e. The van der Waals surface area contributed by atoms with Crippen LogP contribution in [0.4, 0.5) is 17.3 Å². The summed E-state index contributed by atoms with van der Waals surface area (Å²) < 4.78 is 5.25. The fourth-order valence-electron chi connectivity index (χ4n) is 2.37. The Hall–Kier alpha value is -3.74. The van der Waals surface area contributed by atoms with Gasteiger partial charge < -0.3 is 20.7 Å². The Labute approximate surface area is 155 Å². The topological polar surface area (TPSA) is 142 Å². The molecule has 0 spiro atoms. The highest BCUT2D eigenvalue weighted by molar-refractivity contribution is 5.99. The number of ether oxygens (including phenoxy) is 1. The second-order valence-corrected chi connectivity index (χ2v) is 5.81. The van der Waals surface area contributed by atoms with Crippen molar-refractivity contribution < 1.29 is 14.3 Å². The van der Waals surface area contributed by atoms with Gasteiger partial charge in [-0.2, -0.15) is 5.26 Å². The number of nitrogens with zero attached hydrogens (tertiary/aromatic N) is 4. The number of hydrogen-bond donors (Lipinski definition) is 3. The number of anilines is 3. The molecule has 0 aliphatic heterocycles. The average molecular weight is 367 g/mol. The van der Waals surface area contributed by atoms with Crippen molar-refractivity contribution in [1.82, 2.24) is 20.5 Å². The first-order valence-corrected chi connectivity index (χ1v) is 8.18. The summed E-state index contributed by atoms with van der Waals surface area (Å²) in [7, 11) is 2.88. The number of nitriles is 1. The summed E-state index contributed by atoms with van der Waals surface area (Å²) in [6, 6.07) is 5.00. The van der Waals surface area contributed by atoms with E-state index in [-0.39, 0.29) is 46.2 Å². The Morgan fingerprint density at radius 2 is 2.11 bits per heavy atom. The molecule has 0 bridgehead atoms. The molecule has 10 nitrogen and oxygen atoms in total. The van der Waals surface area contributed by atoms with E-state index in [2.05, 4.69) is 31.1 Å². The highest BCUT2D eigenvalue weighted by atomic mass is 16.5. The third-order valence-electron chi connectivity index (χ3n) is 3.92. The van der Waals surface area contributed by atoms with E-state index in [9.17, 15) is 14.9 Å². The van der Waals surface area contributed by atoms with Crippen molar-refractivity contribution in [3.63, 3.8) is 0 Å². The minimum atomic E-state index is -0.472. The van der Waals surface area contributed by atoms with Crippen LogP contribution in [-0.4, -0.2) is 41.2 Å². The zero-order chi connectivity index (χ0) is 19.4. The van der Waals surface area contributed by atoms with Gasteiger partial charge in [-0.05, 0) is 18.9 Å². The number of carbonyl (C=O) groups excluding carboxylic acids is 2. The number of carbonyl (C=O) groups is 2. The molecule has 138 valence electrons. The molecule has 1 aliphatic carbocycles.